The van der Waals surface area contributed by atoms with Gasteiger partial charge >= 0.3 is 5.97 Å². The summed E-state index contributed by atoms with van der Waals surface area (Å²) in [6.45, 7) is 4.02. The number of aromatic nitrogens is 4. The average molecular weight is 416 g/mol. The largest absolute Gasteiger partial charge is 0.465 e. The summed E-state index contributed by atoms with van der Waals surface area (Å²) in [5, 5.41) is 2.65. The molecule has 8 nitrogen and oxygen atoms in total. The normalized spacial score (nSPS) is 11.3. The Hall–Kier alpha value is -2.85. The van der Waals surface area contributed by atoms with Crippen molar-refractivity contribution < 1.29 is 9.53 Å². The molecule has 28 heavy (non-hydrogen) atoms. The fraction of sp³-hybridized carbons (Fsp3) is 0.278. The number of nitrogens with one attached hydrogen (secondary N) is 1. The van der Waals surface area contributed by atoms with Crippen LogP contribution >= 0.6 is 22.7 Å². The number of methoxy groups -OCH3 is 1. The van der Waals surface area contributed by atoms with Crippen LogP contribution in [-0.2, 0) is 11.3 Å². The Morgan fingerprint density at radius 2 is 2.07 bits per heavy atom. The van der Waals surface area contributed by atoms with E-state index in [2.05, 4.69) is 19.9 Å². The second-order valence-corrected chi connectivity index (χ2v) is 8.24. The average Bonchev–Trinajstić information content (AvgIpc) is 3.25. The Kier molecular flexibility index (Phi) is 4.60. The molecule has 144 valence electrons. The van der Waals surface area contributed by atoms with E-state index in [0.717, 1.165) is 15.8 Å². The van der Waals surface area contributed by atoms with Gasteiger partial charge in [-0.2, -0.15) is 0 Å². The van der Waals surface area contributed by atoms with E-state index in [1.165, 1.54) is 29.8 Å². The summed E-state index contributed by atoms with van der Waals surface area (Å²) in [4.78, 5) is 43.9. The number of carbonyl (C=O) groups excluding carboxylic acids is 1. The van der Waals surface area contributed by atoms with Crippen LogP contribution in [0, 0.1) is 13.8 Å². The topological polar surface area (TPSA) is 101 Å². The van der Waals surface area contributed by atoms with Gasteiger partial charge in [-0.1, -0.05) is 0 Å². The van der Waals surface area contributed by atoms with Crippen molar-refractivity contribution in [1.29, 1.82) is 0 Å². The first-order valence-electron chi connectivity index (χ1n) is 8.42. The molecule has 0 aliphatic rings. The molecule has 1 N–H and O–H groups in total. The van der Waals surface area contributed by atoms with Crippen molar-refractivity contribution in [2.24, 2.45) is 0 Å². The maximum absolute atomic E-state index is 12.2. The van der Waals surface area contributed by atoms with E-state index < -0.39 is 0 Å². The summed E-state index contributed by atoms with van der Waals surface area (Å²) in [5.41, 5.74) is 1.32. The van der Waals surface area contributed by atoms with Gasteiger partial charge in [0.05, 0.1) is 24.6 Å². The van der Waals surface area contributed by atoms with Crippen molar-refractivity contribution in [2.75, 3.05) is 19.1 Å². The van der Waals surface area contributed by atoms with Gasteiger partial charge in [0, 0.05) is 7.05 Å². The molecule has 4 aromatic rings. The molecule has 4 rings (SSSR count). The van der Waals surface area contributed by atoms with Crippen LogP contribution in [-0.4, -0.2) is 40.1 Å². The molecule has 10 heteroatoms. The summed E-state index contributed by atoms with van der Waals surface area (Å²) < 4.78 is 5.49. The predicted molar refractivity (Wildman–Crippen MR) is 111 cm³/mol. The molecule has 0 saturated heterocycles. The van der Waals surface area contributed by atoms with Crippen LogP contribution in [0.4, 0.5) is 5.82 Å². The minimum atomic E-state index is -0.388. The van der Waals surface area contributed by atoms with Crippen molar-refractivity contribution in [3.05, 3.63) is 43.9 Å². The van der Waals surface area contributed by atoms with E-state index >= 15 is 0 Å². The number of aryl methyl sites for hydroxylation is 2. The number of fused-ring (bicyclic) bond motifs is 2. The second-order valence-electron chi connectivity index (χ2n) is 6.33. The van der Waals surface area contributed by atoms with Gasteiger partial charge in [0.1, 0.15) is 31.9 Å². The lowest BCUT2D eigenvalue weighted by Gasteiger charge is -2.19. The molecule has 0 aliphatic carbocycles. The minimum Gasteiger partial charge on any atom is -0.465 e. The molecule has 0 saturated carbocycles. The maximum Gasteiger partial charge on any atom is 0.348 e. The van der Waals surface area contributed by atoms with E-state index in [1.807, 2.05) is 30.3 Å². The number of hydrogen-bond donors (Lipinski definition) is 1. The monoisotopic (exact) mass is 415 g/mol. The number of rotatable bonds is 4. The van der Waals surface area contributed by atoms with Crippen molar-refractivity contribution in [2.45, 2.75) is 20.4 Å². The van der Waals surface area contributed by atoms with Crippen LogP contribution in [0.1, 0.15) is 26.9 Å². The first-order valence-corrected chi connectivity index (χ1v) is 10.1. The van der Waals surface area contributed by atoms with Crippen LogP contribution in [0.3, 0.4) is 0 Å². The summed E-state index contributed by atoms with van der Waals surface area (Å²) >= 11 is 2.66. The van der Waals surface area contributed by atoms with Crippen molar-refractivity contribution in [1.82, 2.24) is 19.9 Å². The number of carbonyl (C=O) groups is 1. The zero-order valence-electron chi connectivity index (χ0n) is 15.7. The van der Waals surface area contributed by atoms with Crippen molar-refractivity contribution >= 4 is 54.9 Å². The molecule has 0 spiro atoms. The van der Waals surface area contributed by atoms with E-state index in [9.17, 15) is 9.59 Å². The van der Waals surface area contributed by atoms with Crippen LogP contribution in [0.5, 0.6) is 0 Å². The molecule has 4 heterocycles. The van der Waals surface area contributed by atoms with Gasteiger partial charge in [0.2, 0.25) is 0 Å². The molecular weight excluding hydrogens is 398 g/mol. The van der Waals surface area contributed by atoms with Gasteiger partial charge in [-0.25, -0.2) is 19.7 Å². The molecule has 0 fully saturated rings. The third-order valence-corrected chi connectivity index (χ3v) is 6.43. The van der Waals surface area contributed by atoms with Gasteiger partial charge in [-0.05, 0) is 30.9 Å². The van der Waals surface area contributed by atoms with Gasteiger partial charge in [-0.15, -0.1) is 22.7 Å². The highest BCUT2D eigenvalue weighted by Gasteiger charge is 2.22. The molecule has 4 aromatic heterocycles. The zero-order chi connectivity index (χ0) is 20.0. The summed E-state index contributed by atoms with van der Waals surface area (Å²) in [6, 6.07) is 1.83. The van der Waals surface area contributed by atoms with Gasteiger partial charge < -0.3 is 14.6 Å². The Morgan fingerprint density at radius 1 is 1.29 bits per heavy atom. The van der Waals surface area contributed by atoms with E-state index in [-0.39, 0.29) is 11.5 Å². The Labute approximate surface area is 167 Å². The summed E-state index contributed by atoms with van der Waals surface area (Å²) in [5.74, 6) is 1.44. The molecule has 0 unspecified atom stereocenters. The minimum absolute atomic E-state index is 0.146. The van der Waals surface area contributed by atoms with Gasteiger partial charge in [0.15, 0.2) is 0 Å². The number of H-pyrrole nitrogens is 1. The van der Waals surface area contributed by atoms with Crippen LogP contribution in [0.15, 0.2) is 16.2 Å². The zero-order valence-corrected chi connectivity index (χ0v) is 17.3. The van der Waals surface area contributed by atoms with Crippen LogP contribution in [0.2, 0.25) is 0 Å². The first-order chi connectivity index (χ1) is 13.4. The quantitative estimate of drug-likeness (QED) is 0.511. The first kappa shape index (κ1) is 18.5. The van der Waals surface area contributed by atoms with Crippen LogP contribution in [0.25, 0.3) is 20.4 Å². The predicted octanol–water partition coefficient (Wildman–Crippen LogP) is 3.03. The third kappa shape index (κ3) is 3.04. The van der Waals surface area contributed by atoms with Crippen molar-refractivity contribution in [3.8, 4) is 0 Å². The fourth-order valence-corrected chi connectivity index (χ4v) is 4.95. The third-order valence-electron chi connectivity index (χ3n) is 4.37. The summed E-state index contributed by atoms with van der Waals surface area (Å²) in [6.07, 6.45) is 0. The number of esters is 1. The Bertz CT molecular complexity index is 1270. The number of aromatic amines is 1. The number of ether oxygens (including phenoxy) is 1. The van der Waals surface area contributed by atoms with E-state index in [4.69, 9.17) is 4.74 Å². The fourth-order valence-electron chi connectivity index (χ4n) is 3.08. The number of hydrogen-bond acceptors (Lipinski definition) is 9. The maximum atomic E-state index is 12.2. The molecule has 0 atom stereocenters. The number of thiophene rings is 2. The molecular formula is C18H17N5O3S2. The molecule has 0 aliphatic heterocycles. The Balaban J connectivity index is 1.79. The van der Waals surface area contributed by atoms with E-state index in [1.54, 1.807) is 6.92 Å². The standard InChI is InChI=1S/C18H17N5O3S2/c1-8-12-15(19-9(2)20-17(12)28-13(8)18(25)26-4)23(3)7-11-21-10-5-6-27-14(10)16(24)22-11/h5-6H,7H2,1-4H3,(H,21,22,24). The molecule has 0 aromatic carbocycles. The summed E-state index contributed by atoms with van der Waals surface area (Å²) in [7, 11) is 3.23. The lowest BCUT2D eigenvalue weighted by atomic mass is 10.2. The SMILES string of the molecule is COC(=O)c1sc2nc(C)nc(N(C)Cc3nc4ccsc4c(=O)[nH]3)c2c1C. The lowest BCUT2D eigenvalue weighted by molar-refractivity contribution is 0.0605. The second kappa shape index (κ2) is 6.95. The highest BCUT2D eigenvalue weighted by atomic mass is 32.1. The number of anilines is 1. The highest BCUT2D eigenvalue weighted by Crippen LogP contribution is 2.35. The van der Waals surface area contributed by atoms with E-state index in [0.29, 0.717) is 39.1 Å². The smallest absolute Gasteiger partial charge is 0.348 e. The lowest BCUT2D eigenvalue weighted by Crippen LogP contribution is -2.22. The van der Waals surface area contributed by atoms with Crippen LogP contribution < -0.4 is 10.5 Å². The van der Waals surface area contributed by atoms with Gasteiger partial charge in [0.25, 0.3) is 5.56 Å². The van der Waals surface area contributed by atoms with Crippen molar-refractivity contribution in [3.63, 3.8) is 0 Å². The molecule has 0 radical (unpaired) electrons. The molecule has 0 bridgehead atoms. The number of nitrogens with zero attached hydrogens (tertiary/aromatic N) is 4. The highest BCUT2D eigenvalue weighted by molar-refractivity contribution is 7.20. The molecule has 0 amide bonds. The van der Waals surface area contributed by atoms with Gasteiger partial charge in [-0.3, -0.25) is 4.79 Å². The Morgan fingerprint density at radius 3 is 2.82 bits per heavy atom.